The third-order valence-electron chi connectivity index (χ3n) is 2.41. The monoisotopic (exact) mass is 267 g/mol. The van der Waals surface area contributed by atoms with Crippen LogP contribution in [0.5, 0.6) is 0 Å². The number of amides is 1. The molecule has 0 aliphatic rings. The molecule has 1 amide bonds. The van der Waals surface area contributed by atoms with E-state index >= 15 is 0 Å². The van der Waals surface area contributed by atoms with Crippen LogP contribution in [-0.2, 0) is 16.1 Å². The first-order valence-electron chi connectivity index (χ1n) is 6.19. The summed E-state index contributed by atoms with van der Waals surface area (Å²) in [5.74, 6) is 1.75. The highest BCUT2D eigenvalue weighted by Gasteiger charge is 2.13. The van der Waals surface area contributed by atoms with Gasteiger partial charge in [0.25, 0.3) is 0 Å². The molecule has 0 radical (unpaired) electrons. The van der Waals surface area contributed by atoms with Crippen LogP contribution >= 0.6 is 0 Å². The van der Waals surface area contributed by atoms with Crippen molar-refractivity contribution in [2.45, 2.75) is 26.5 Å². The Labute approximate surface area is 113 Å². The van der Waals surface area contributed by atoms with Crippen molar-refractivity contribution >= 4 is 17.5 Å². The van der Waals surface area contributed by atoms with Crippen molar-refractivity contribution in [3.05, 3.63) is 11.9 Å². The molecule has 0 saturated heterocycles. The summed E-state index contributed by atoms with van der Waals surface area (Å²) in [5.41, 5.74) is 0. The van der Waals surface area contributed by atoms with Gasteiger partial charge in [-0.05, 0) is 13.8 Å². The summed E-state index contributed by atoms with van der Waals surface area (Å²) in [6.45, 7) is 4.58. The van der Waals surface area contributed by atoms with Crippen LogP contribution in [0.25, 0.3) is 0 Å². The van der Waals surface area contributed by atoms with Gasteiger partial charge in [-0.15, -0.1) is 0 Å². The number of nitrogens with one attached hydrogen (secondary N) is 3. The van der Waals surface area contributed by atoms with Crippen molar-refractivity contribution in [2.24, 2.45) is 0 Å². The van der Waals surface area contributed by atoms with Crippen LogP contribution in [0, 0.1) is 0 Å². The Hall–Kier alpha value is -1.89. The first-order chi connectivity index (χ1) is 9.10. The molecule has 7 nitrogen and oxygen atoms in total. The Balaban J connectivity index is 2.81. The standard InChI is InChI=1S/C12H21N5O2/c1-5-14-12(18)8(2)15-10-6-9(13-3)16-11(17-10)7-19-4/h6,8H,5,7H2,1-4H3,(H,14,18)(H2,13,15,16,17). The number of likely N-dealkylation sites (N-methyl/N-ethyl adjacent to an activating group) is 1. The number of anilines is 2. The van der Waals surface area contributed by atoms with Crippen LogP contribution < -0.4 is 16.0 Å². The molecule has 1 aromatic heterocycles. The average molecular weight is 267 g/mol. The normalized spacial score (nSPS) is 11.8. The van der Waals surface area contributed by atoms with E-state index in [-0.39, 0.29) is 11.9 Å². The van der Waals surface area contributed by atoms with Crippen molar-refractivity contribution < 1.29 is 9.53 Å². The lowest BCUT2D eigenvalue weighted by Crippen LogP contribution is -2.37. The van der Waals surface area contributed by atoms with E-state index in [1.165, 1.54) is 0 Å². The number of carbonyl (C=O) groups is 1. The second-order valence-electron chi connectivity index (χ2n) is 4.00. The number of nitrogens with zero attached hydrogens (tertiary/aromatic N) is 2. The van der Waals surface area contributed by atoms with Crippen LogP contribution in [0.2, 0.25) is 0 Å². The van der Waals surface area contributed by atoms with Gasteiger partial charge in [0.05, 0.1) is 0 Å². The van der Waals surface area contributed by atoms with Gasteiger partial charge in [0, 0.05) is 26.8 Å². The summed E-state index contributed by atoms with van der Waals surface area (Å²) in [4.78, 5) is 20.2. The number of hydrogen-bond donors (Lipinski definition) is 3. The van der Waals surface area contributed by atoms with Gasteiger partial charge in [-0.2, -0.15) is 0 Å². The zero-order chi connectivity index (χ0) is 14.3. The number of ether oxygens (including phenoxy) is 1. The van der Waals surface area contributed by atoms with E-state index < -0.39 is 0 Å². The molecule has 106 valence electrons. The van der Waals surface area contributed by atoms with E-state index in [0.29, 0.717) is 30.6 Å². The molecule has 1 atom stereocenters. The predicted octanol–water partition coefficient (Wildman–Crippen LogP) is 0.601. The summed E-state index contributed by atoms with van der Waals surface area (Å²) < 4.78 is 5.01. The molecule has 1 rings (SSSR count). The number of hydrogen-bond acceptors (Lipinski definition) is 6. The molecule has 7 heteroatoms. The summed E-state index contributed by atoms with van der Waals surface area (Å²) in [6.07, 6.45) is 0. The van der Waals surface area contributed by atoms with Gasteiger partial charge in [0.2, 0.25) is 5.91 Å². The van der Waals surface area contributed by atoms with E-state index in [1.54, 1.807) is 27.1 Å². The molecule has 0 aliphatic heterocycles. The maximum absolute atomic E-state index is 11.7. The fourth-order valence-corrected chi connectivity index (χ4v) is 1.51. The Kier molecular flexibility index (Phi) is 6.01. The summed E-state index contributed by atoms with van der Waals surface area (Å²) in [7, 11) is 3.36. The zero-order valence-corrected chi connectivity index (χ0v) is 11.8. The topological polar surface area (TPSA) is 88.2 Å². The van der Waals surface area contributed by atoms with E-state index in [4.69, 9.17) is 4.74 Å². The lowest BCUT2D eigenvalue weighted by molar-refractivity contribution is -0.121. The van der Waals surface area contributed by atoms with Crippen LogP contribution in [0.3, 0.4) is 0 Å². The van der Waals surface area contributed by atoms with Gasteiger partial charge in [-0.1, -0.05) is 0 Å². The molecule has 1 unspecified atom stereocenters. The predicted molar refractivity (Wildman–Crippen MR) is 74.1 cm³/mol. The van der Waals surface area contributed by atoms with Crippen LogP contribution in [0.4, 0.5) is 11.6 Å². The Morgan fingerprint density at radius 1 is 1.42 bits per heavy atom. The third-order valence-corrected chi connectivity index (χ3v) is 2.41. The van der Waals surface area contributed by atoms with E-state index in [9.17, 15) is 4.79 Å². The quantitative estimate of drug-likeness (QED) is 0.670. The summed E-state index contributed by atoms with van der Waals surface area (Å²) in [5, 5.41) is 8.74. The number of methoxy groups -OCH3 is 1. The molecule has 0 spiro atoms. The van der Waals surface area contributed by atoms with Crippen LogP contribution in [0.1, 0.15) is 19.7 Å². The van der Waals surface area contributed by atoms with Crippen LogP contribution in [0.15, 0.2) is 6.07 Å². The van der Waals surface area contributed by atoms with Crippen molar-refractivity contribution in [1.82, 2.24) is 15.3 Å². The molecular formula is C12H21N5O2. The zero-order valence-electron chi connectivity index (χ0n) is 11.8. The molecular weight excluding hydrogens is 246 g/mol. The first-order valence-corrected chi connectivity index (χ1v) is 6.19. The van der Waals surface area contributed by atoms with Crippen molar-refractivity contribution in [1.29, 1.82) is 0 Å². The van der Waals surface area contributed by atoms with Crippen LogP contribution in [-0.4, -0.2) is 42.6 Å². The lowest BCUT2D eigenvalue weighted by atomic mass is 10.3. The van der Waals surface area contributed by atoms with E-state index in [0.717, 1.165) is 0 Å². The molecule has 0 aliphatic carbocycles. The highest BCUT2D eigenvalue weighted by molar-refractivity contribution is 5.83. The van der Waals surface area contributed by atoms with Crippen molar-refractivity contribution in [2.75, 3.05) is 31.3 Å². The Morgan fingerprint density at radius 3 is 2.68 bits per heavy atom. The largest absolute Gasteiger partial charge is 0.377 e. The first kappa shape index (κ1) is 15.2. The molecule has 19 heavy (non-hydrogen) atoms. The summed E-state index contributed by atoms with van der Waals surface area (Å²) in [6, 6.07) is 1.38. The van der Waals surface area contributed by atoms with Gasteiger partial charge in [-0.25, -0.2) is 9.97 Å². The molecule has 1 heterocycles. The molecule has 0 bridgehead atoms. The fraction of sp³-hybridized carbons (Fsp3) is 0.583. The molecule has 3 N–H and O–H groups in total. The highest BCUT2D eigenvalue weighted by atomic mass is 16.5. The second kappa shape index (κ2) is 7.52. The summed E-state index contributed by atoms with van der Waals surface area (Å²) >= 11 is 0. The number of aromatic nitrogens is 2. The minimum absolute atomic E-state index is 0.0691. The van der Waals surface area contributed by atoms with Crippen molar-refractivity contribution in [3.8, 4) is 0 Å². The molecule has 1 aromatic rings. The Morgan fingerprint density at radius 2 is 2.11 bits per heavy atom. The molecule has 0 aromatic carbocycles. The number of carbonyl (C=O) groups excluding carboxylic acids is 1. The fourth-order valence-electron chi connectivity index (χ4n) is 1.51. The SMILES string of the molecule is CCNC(=O)C(C)Nc1cc(NC)nc(COC)n1. The minimum atomic E-state index is -0.366. The highest BCUT2D eigenvalue weighted by Crippen LogP contribution is 2.12. The van der Waals surface area contributed by atoms with Gasteiger partial charge >= 0.3 is 0 Å². The second-order valence-corrected chi connectivity index (χ2v) is 4.00. The van der Waals surface area contributed by atoms with Gasteiger partial charge < -0.3 is 20.7 Å². The molecule has 0 saturated carbocycles. The number of rotatable bonds is 7. The van der Waals surface area contributed by atoms with Gasteiger partial charge in [-0.3, -0.25) is 4.79 Å². The molecule has 0 fully saturated rings. The minimum Gasteiger partial charge on any atom is -0.377 e. The Bertz CT molecular complexity index is 425. The van der Waals surface area contributed by atoms with E-state index in [2.05, 4.69) is 25.9 Å². The van der Waals surface area contributed by atoms with E-state index in [1.807, 2.05) is 6.92 Å². The third kappa shape index (κ3) is 4.70. The maximum atomic E-state index is 11.7. The maximum Gasteiger partial charge on any atom is 0.242 e. The van der Waals surface area contributed by atoms with Gasteiger partial charge in [0.1, 0.15) is 24.3 Å². The lowest BCUT2D eigenvalue weighted by Gasteiger charge is -2.15. The average Bonchev–Trinajstić information content (AvgIpc) is 2.39. The smallest absolute Gasteiger partial charge is 0.242 e. The van der Waals surface area contributed by atoms with Gasteiger partial charge in [0.15, 0.2) is 5.82 Å². The van der Waals surface area contributed by atoms with Crippen molar-refractivity contribution in [3.63, 3.8) is 0 Å².